The van der Waals surface area contributed by atoms with E-state index in [1.54, 1.807) is 23.1 Å². The molecule has 1 aliphatic rings. The van der Waals surface area contributed by atoms with E-state index in [4.69, 9.17) is 5.73 Å². The van der Waals surface area contributed by atoms with Crippen molar-refractivity contribution in [3.63, 3.8) is 0 Å². The number of nitrogens with zero attached hydrogens (tertiary/aromatic N) is 1. The third kappa shape index (κ3) is 1.97. The summed E-state index contributed by atoms with van der Waals surface area (Å²) in [6, 6.07) is 10.6. The quantitative estimate of drug-likeness (QED) is 0.864. The molecular formula is C15H14N2O3. The van der Waals surface area contributed by atoms with E-state index < -0.39 is 11.8 Å². The number of hydrogen-bond acceptors (Lipinski definition) is 3. The summed E-state index contributed by atoms with van der Waals surface area (Å²) >= 11 is 0. The van der Waals surface area contributed by atoms with Crippen LogP contribution in [0.2, 0.25) is 0 Å². The van der Waals surface area contributed by atoms with Crippen molar-refractivity contribution in [2.75, 3.05) is 11.4 Å². The smallest absolute Gasteiger partial charge is 0.227 e. The lowest BCUT2D eigenvalue weighted by Crippen LogP contribution is -2.28. The van der Waals surface area contributed by atoms with Gasteiger partial charge in [0.15, 0.2) is 0 Å². The number of hydrogen-bond donors (Lipinski definition) is 2. The van der Waals surface area contributed by atoms with Crippen molar-refractivity contribution < 1.29 is 14.7 Å². The van der Waals surface area contributed by atoms with Crippen LogP contribution in [0, 0.1) is 5.92 Å². The zero-order chi connectivity index (χ0) is 14.3. The lowest BCUT2D eigenvalue weighted by Gasteiger charge is -2.18. The SMILES string of the molecule is NC(=O)C1CC(=O)N(c2cccc3ccc(O)cc23)C1. The molecule has 3 rings (SSSR count). The first-order valence-corrected chi connectivity index (χ1v) is 6.37. The molecule has 1 unspecified atom stereocenters. The number of benzene rings is 2. The molecule has 0 aromatic heterocycles. The van der Waals surface area contributed by atoms with E-state index in [0.29, 0.717) is 12.2 Å². The Morgan fingerprint density at radius 1 is 1.30 bits per heavy atom. The van der Waals surface area contributed by atoms with E-state index in [9.17, 15) is 14.7 Å². The Morgan fingerprint density at radius 3 is 2.80 bits per heavy atom. The maximum atomic E-state index is 12.1. The van der Waals surface area contributed by atoms with E-state index in [0.717, 1.165) is 10.8 Å². The number of fused-ring (bicyclic) bond motifs is 1. The van der Waals surface area contributed by atoms with Crippen LogP contribution in [0.1, 0.15) is 6.42 Å². The monoisotopic (exact) mass is 270 g/mol. The Labute approximate surface area is 115 Å². The number of aromatic hydroxyl groups is 1. The molecule has 1 fully saturated rings. The van der Waals surface area contributed by atoms with Crippen LogP contribution in [0.4, 0.5) is 5.69 Å². The molecule has 0 saturated carbocycles. The van der Waals surface area contributed by atoms with Crippen LogP contribution < -0.4 is 10.6 Å². The standard InChI is InChI=1S/C15H14N2O3/c16-15(20)10-6-14(19)17(8-10)13-3-1-2-9-4-5-11(18)7-12(9)13/h1-5,7,10,18H,6,8H2,(H2,16,20). The molecule has 3 N–H and O–H groups in total. The highest BCUT2D eigenvalue weighted by molar-refractivity contribution is 6.07. The number of carbonyl (C=O) groups excluding carboxylic acids is 2. The number of nitrogens with two attached hydrogens (primary N) is 1. The molecule has 102 valence electrons. The highest BCUT2D eigenvalue weighted by Gasteiger charge is 2.34. The van der Waals surface area contributed by atoms with Crippen molar-refractivity contribution in [3.05, 3.63) is 36.4 Å². The Balaban J connectivity index is 2.08. The summed E-state index contributed by atoms with van der Waals surface area (Å²) < 4.78 is 0. The third-order valence-electron chi connectivity index (χ3n) is 3.66. The van der Waals surface area contributed by atoms with Crippen LogP contribution in [-0.4, -0.2) is 23.5 Å². The molecule has 0 bridgehead atoms. The average Bonchev–Trinajstić information content (AvgIpc) is 2.80. The van der Waals surface area contributed by atoms with E-state index in [1.807, 2.05) is 18.2 Å². The molecule has 1 aliphatic heterocycles. The topological polar surface area (TPSA) is 83.6 Å². The van der Waals surface area contributed by atoms with Crippen molar-refractivity contribution in [3.8, 4) is 5.75 Å². The Bertz CT molecular complexity index is 711. The first-order chi connectivity index (χ1) is 9.56. The van der Waals surface area contributed by atoms with Crippen LogP contribution in [0.25, 0.3) is 10.8 Å². The average molecular weight is 270 g/mol. The minimum Gasteiger partial charge on any atom is -0.508 e. The summed E-state index contributed by atoms with van der Waals surface area (Å²) in [7, 11) is 0. The summed E-state index contributed by atoms with van der Waals surface area (Å²) in [5.74, 6) is -0.883. The fourth-order valence-corrected chi connectivity index (χ4v) is 2.61. The van der Waals surface area contributed by atoms with Gasteiger partial charge in [-0.2, -0.15) is 0 Å². The first-order valence-electron chi connectivity index (χ1n) is 6.37. The third-order valence-corrected chi connectivity index (χ3v) is 3.66. The van der Waals surface area contributed by atoms with E-state index in [-0.39, 0.29) is 18.1 Å². The molecule has 1 heterocycles. The molecule has 2 aromatic rings. The van der Waals surface area contributed by atoms with Crippen molar-refractivity contribution in [2.24, 2.45) is 11.7 Å². The number of phenols is 1. The maximum Gasteiger partial charge on any atom is 0.227 e. The fraction of sp³-hybridized carbons (Fsp3) is 0.200. The van der Waals surface area contributed by atoms with Gasteiger partial charge in [-0.25, -0.2) is 0 Å². The van der Waals surface area contributed by atoms with Crippen LogP contribution >= 0.6 is 0 Å². The second kappa shape index (κ2) is 4.52. The highest BCUT2D eigenvalue weighted by atomic mass is 16.3. The van der Waals surface area contributed by atoms with E-state index in [1.165, 1.54) is 0 Å². The summed E-state index contributed by atoms with van der Waals surface area (Å²) in [5.41, 5.74) is 5.98. The van der Waals surface area contributed by atoms with Gasteiger partial charge in [-0.15, -0.1) is 0 Å². The predicted molar refractivity (Wildman–Crippen MR) is 75.3 cm³/mol. The Morgan fingerprint density at radius 2 is 2.10 bits per heavy atom. The summed E-state index contributed by atoms with van der Waals surface area (Å²) in [6.07, 6.45) is 0.143. The van der Waals surface area contributed by atoms with Crippen molar-refractivity contribution in [1.82, 2.24) is 0 Å². The van der Waals surface area contributed by atoms with Gasteiger partial charge in [0, 0.05) is 18.4 Å². The van der Waals surface area contributed by atoms with Gasteiger partial charge < -0.3 is 15.7 Å². The first kappa shape index (κ1) is 12.5. The molecule has 1 atom stereocenters. The molecule has 20 heavy (non-hydrogen) atoms. The molecular weight excluding hydrogens is 256 g/mol. The molecule has 0 spiro atoms. The lowest BCUT2D eigenvalue weighted by molar-refractivity contribution is -0.123. The fourth-order valence-electron chi connectivity index (χ4n) is 2.61. The summed E-state index contributed by atoms with van der Waals surface area (Å²) in [6.45, 7) is 0.295. The van der Waals surface area contributed by atoms with Gasteiger partial charge in [-0.1, -0.05) is 18.2 Å². The lowest BCUT2D eigenvalue weighted by atomic mass is 10.1. The number of rotatable bonds is 2. The Hall–Kier alpha value is -2.56. The van der Waals surface area contributed by atoms with Gasteiger partial charge in [0.2, 0.25) is 11.8 Å². The molecule has 1 saturated heterocycles. The van der Waals surface area contributed by atoms with Gasteiger partial charge in [-0.3, -0.25) is 9.59 Å². The van der Waals surface area contributed by atoms with Crippen molar-refractivity contribution in [1.29, 1.82) is 0 Å². The molecule has 0 aliphatic carbocycles. The van der Waals surface area contributed by atoms with Gasteiger partial charge in [0.1, 0.15) is 5.75 Å². The second-order valence-corrected chi connectivity index (χ2v) is 4.99. The second-order valence-electron chi connectivity index (χ2n) is 4.99. The molecule has 2 amide bonds. The number of carbonyl (C=O) groups is 2. The highest BCUT2D eigenvalue weighted by Crippen LogP contribution is 2.33. The van der Waals surface area contributed by atoms with E-state index in [2.05, 4.69) is 0 Å². The minimum atomic E-state index is -0.455. The molecule has 2 aromatic carbocycles. The summed E-state index contributed by atoms with van der Waals surface area (Å²) in [5, 5.41) is 11.3. The van der Waals surface area contributed by atoms with Crippen LogP contribution in [0.5, 0.6) is 5.75 Å². The van der Waals surface area contributed by atoms with Gasteiger partial charge >= 0.3 is 0 Å². The molecule has 5 nitrogen and oxygen atoms in total. The molecule has 0 radical (unpaired) electrons. The maximum absolute atomic E-state index is 12.1. The minimum absolute atomic E-state index is 0.121. The number of anilines is 1. The van der Waals surface area contributed by atoms with Gasteiger partial charge in [0.05, 0.1) is 11.6 Å². The molecule has 5 heteroatoms. The largest absolute Gasteiger partial charge is 0.508 e. The number of amides is 2. The number of primary amides is 1. The van der Waals surface area contributed by atoms with Gasteiger partial charge in [-0.05, 0) is 23.6 Å². The zero-order valence-electron chi connectivity index (χ0n) is 10.7. The van der Waals surface area contributed by atoms with Crippen molar-refractivity contribution in [2.45, 2.75) is 6.42 Å². The van der Waals surface area contributed by atoms with Crippen LogP contribution in [0.3, 0.4) is 0 Å². The number of phenolic OH excluding ortho intramolecular Hbond substituents is 1. The normalized spacial score (nSPS) is 18.7. The van der Waals surface area contributed by atoms with Gasteiger partial charge in [0.25, 0.3) is 0 Å². The summed E-state index contributed by atoms with van der Waals surface area (Å²) in [4.78, 5) is 24.9. The zero-order valence-corrected chi connectivity index (χ0v) is 10.7. The van der Waals surface area contributed by atoms with Crippen molar-refractivity contribution >= 4 is 28.3 Å². The Kier molecular flexibility index (Phi) is 2.82. The van der Waals surface area contributed by atoms with Crippen LogP contribution in [-0.2, 0) is 9.59 Å². The van der Waals surface area contributed by atoms with Crippen LogP contribution in [0.15, 0.2) is 36.4 Å². The predicted octanol–water partition coefficient (Wildman–Crippen LogP) is 1.38. The van der Waals surface area contributed by atoms with E-state index >= 15 is 0 Å².